The van der Waals surface area contributed by atoms with Crippen LogP contribution in [0.5, 0.6) is 11.5 Å². The van der Waals surface area contributed by atoms with Crippen molar-refractivity contribution < 1.29 is 17.9 Å². The molecule has 0 amide bonds. The Morgan fingerprint density at radius 2 is 1.73 bits per heavy atom. The molecule has 2 aromatic carbocycles. The molecule has 1 saturated heterocycles. The molecule has 0 unspecified atom stereocenters. The third-order valence-electron chi connectivity index (χ3n) is 5.39. The van der Waals surface area contributed by atoms with Crippen LogP contribution in [-0.4, -0.2) is 62.0 Å². The van der Waals surface area contributed by atoms with Gasteiger partial charge in [0.2, 0.25) is 10.0 Å². The lowest BCUT2D eigenvalue weighted by atomic mass is 10.3. The van der Waals surface area contributed by atoms with Crippen LogP contribution in [-0.2, 0) is 16.6 Å². The fourth-order valence-corrected chi connectivity index (χ4v) is 6.21. The number of hydrogen-bond donors (Lipinski definition) is 0. The van der Waals surface area contributed by atoms with Crippen molar-refractivity contribution in [3.05, 3.63) is 47.5 Å². The Labute approximate surface area is 179 Å². The molecule has 0 saturated carbocycles. The van der Waals surface area contributed by atoms with Crippen molar-refractivity contribution in [2.75, 3.05) is 39.4 Å². The maximum atomic E-state index is 13.1. The molecule has 0 N–H and O–H groups in total. The Balaban J connectivity index is 1.26. The van der Waals surface area contributed by atoms with E-state index in [-0.39, 0.29) is 4.90 Å². The molecule has 0 atom stereocenters. The molecule has 2 aliphatic rings. The van der Waals surface area contributed by atoms with Crippen LogP contribution in [0.15, 0.2) is 47.4 Å². The second kappa shape index (κ2) is 8.14. The predicted octanol–water partition coefficient (Wildman–Crippen LogP) is 2.96. The molecule has 3 aromatic rings. The Bertz CT molecular complexity index is 1120. The van der Waals surface area contributed by atoms with E-state index in [1.807, 2.05) is 18.2 Å². The van der Waals surface area contributed by atoms with Gasteiger partial charge in [-0.2, -0.15) is 4.31 Å². The number of aromatic nitrogens is 1. The lowest BCUT2D eigenvalue weighted by molar-refractivity contribution is 0.181. The first-order chi connectivity index (χ1) is 14.6. The SMILES string of the molecule is O=S(=O)(c1ccc2c(c1)OCCCO2)N1CCN(Cc2nc3ccccc3s2)CC1. The first kappa shape index (κ1) is 19.7. The molecule has 2 aliphatic heterocycles. The Morgan fingerprint density at radius 3 is 2.53 bits per heavy atom. The summed E-state index contributed by atoms with van der Waals surface area (Å²) in [7, 11) is -3.57. The highest BCUT2D eigenvalue weighted by atomic mass is 32.2. The van der Waals surface area contributed by atoms with E-state index < -0.39 is 10.0 Å². The summed E-state index contributed by atoms with van der Waals surface area (Å²) in [6.07, 6.45) is 0.785. The van der Waals surface area contributed by atoms with Crippen molar-refractivity contribution >= 4 is 31.6 Å². The highest BCUT2D eigenvalue weighted by molar-refractivity contribution is 7.89. The molecular weight excluding hydrogens is 422 g/mol. The van der Waals surface area contributed by atoms with Crippen LogP contribution in [0.3, 0.4) is 0 Å². The normalized spacial score (nSPS) is 18.4. The van der Waals surface area contributed by atoms with Crippen LogP contribution in [0.25, 0.3) is 10.2 Å². The van der Waals surface area contributed by atoms with Crippen LogP contribution in [0.1, 0.15) is 11.4 Å². The molecule has 3 heterocycles. The van der Waals surface area contributed by atoms with E-state index in [0.29, 0.717) is 50.9 Å². The molecule has 158 valence electrons. The van der Waals surface area contributed by atoms with Crippen molar-refractivity contribution in [2.45, 2.75) is 17.9 Å². The number of ether oxygens (including phenoxy) is 2. The summed E-state index contributed by atoms with van der Waals surface area (Å²) in [5, 5.41) is 1.07. The quantitative estimate of drug-likeness (QED) is 0.615. The fourth-order valence-electron chi connectivity index (χ4n) is 3.76. The molecule has 0 aliphatic carbocycles. The molecule has 9 heteroatoms. The minimum atomic E-state index is -3.57. The van der Waals surface area contributed by atoms with Crippen molar-refractivity contribution in [1.29, 1.82) is 0 Å². The van der Waals surface area contributed by atoms with Gasteiger partial charge in [-0.1, -0.05) is 12.1 Å². The van der Waals surface area contributed by atoms with Gasteiger partial charge in [0.15, 0.2) is 11.5 Å². The second-order valence-corrected chi connectivity index (χ2v) is 10.5. The number of nitrogens with zero attached hydrogens (tertiary/aromatic N) is 3. The summed E-state index contributed by atoms with van der Waals surface area (Å²) < 4.78 is 40.3. The minimum absolute atomic E-state index is 0.256. The number of piperazine rings is 1. The number of hydrogen-bond acceptors (Lipinski definition) is 7. The van der Waals surface area contributed by atoms with Gasteiger partial charge in [-0.05, 0) is 24.3 Å². The topological polar surface area (TPSA) is 72.0 Å². The van der Waals surface area contributed by atoms with Gasteiger partial charge in [-0.3, -0.25) is 4.90 Å². The van der Waals surface area contributed by atoms with E-state index in [2.05, 4.69) is 11.0 Å². The van der Waals surface area contributed by atoms with Crippen molar-refractivity contribution in [3.63, 3.8) is 0 Å². The Kier molecular flexibility index (Phi) is 5.36. The zero-order valence-electron chi connectivity index (χ0n) is 16.5. The molecular formula is C21H23N3O4S2. The average Bonchev–Trinajstić information content (AvgIpc) is 3.01. The third kappa shape index (κ3) is 3.90. The first-order valence-corrected chi connectivity index (χ1v) is 12.3. The number of thiazole rings is 1. The van der Waals surface area contributed by atoms with E-state index >= 15 is 0 Å². The summed E-state index contributed by atoms with van der Waals surface area (Å²) >= 11 is 1.70. The van der Waals surface area contributed by atoms with E-state index in [4.69, 9.17) is 14.5 Å². The third-order valence-corrected chi connectivity index (χ3v) is 8.30. The summed E-state index contributed by atoms with van der Waals surface area (Å²) in [6.45, 7) is 4.14. The molecule has 0 spiro atoms. The van der Waals surface area contributed by atoms with E-state index in [1.54, 1.807) is 33.8 Å². The fraction of sp³-hybridized carbons (Fsp3) is 0.381. The lowest BCUT2D eigenvalue weighted by Crippen LogP contribution is -2.48. The largest absolute Gasteiger partial charge is 0.490 e. The smallest absolute Gasteiger partial charge is 0.243 e. The number of benzene rings is 2. The van der Waals surface area contributed by atoms with Gasteiger partial charge in [-0.25, -0.2) is 13.4 Å². The molecule has 5 rings (SSSR count). The maximum Gasteiger partial charge on any atom is 0.243 e. The average molecular weight is 446 g/mol. The van der Waals surface area contributed by atoms with Crippen molar-refractivity contribution in [2.24, 2.45) is 0 Å². The van der Waals surface area contributed by atoms with Gasteiger partial charge >= 0.3 is 0 Å². The highest BCUT2D eigenvalue weighted by Gasteiger charge is 2.30. The summed E-state index contributed by atoms with van der Waals surface area (Å²) in [6, 6.07) is 13.0. The van der Waals surface area contributed by atoms with Crippen LogP contribution >= 0.6 is 11.3 Å². The van der Waals surface area contributed by atoms with Gasteiger partial charge < -0.3 is 9.47 Å². The molecule has 7 nitrogen and oxygen atoms in total. The minimum Gasteiger partial charge on any atom is -0.490 e. The van der Waals surface area contributed by atoms with E-state index in [1.165, 1.54) is 4.70 Å². The zero-order valence-corrected chi connectivity index (χ0v) is 18.1. The molecule has 1 fully saturated rings. The van der Waals surface area contributed by atoms with Crippen molar-refractivity contribution in [3.8, 4) is 11.5 Å². The van der Waals surface area contributed by atoms with Gasteiger partial charge in [-0.15, -0.1) is 11.3 Å². The number of para-hydroxylation sites is 1. The zero-order chi connectivity index (χ0) is 20.6. The number of fused-ring (bicyclic) bond motifs is 2. The van der Waals surface area contributed by atoms with Gasteiger partial charge in [0.05, 0.1) is 34.9 Å². The first-order valence-electron chi connectivity index (χ1n) is 10.1. The molecule has 0 bridgehead atoms. The molecule has 30 heavy (non-hydrogen) atoms. The van der Waals surface area contributed by atoms with Crippen LogP contribution in [0, 0.1) is 0 Å². The van der Waals surface area contributed by atoms with Crippen LogP contribution in [0.2, 0.25) is 0 Å². The van der Waals surface area contributed by atoms with Gasteiger partial charge in [0.25, 0.3) is 0 Å². The maximum absolute atomic E-state index is 13.1. The second-order valence-electron chi connectivity index (χ2n) is 7.41. The summed E-state index contributed by atoms with van der Waals surface area (Å²) in [5.41, 5.74) is 1.02. The number of rotatable bonds is 4. The Hall–Kier alpha value is -2.20. The lowest BCUT2D eigenvalue weighted by Gasteiger charge is -2.33. The standard InChI is InChI=1S/C21H23N3O4S2/c25-30(26,16-6-7-18-19(14-16)28-13-3-12-27-18)24-10-8-23(9-11-24)15-21-22-17-4-1-2-5-20(17)29-21/h1-2,4-7,14H,3,8-13,15H2. The van der Waals surface area contributed by atoms with Crippen LogP contribution < -0.4 is 9.47 Å². The monoisotopic (exact) mass is 445 g/mol. The van der Waals surface area contributed by atoms with E-state index in [9.17, 15) is 8.42 Å². The van der Waals surface area contributed by atoms with Crippen molar-refractivity contribution in [1.82, 2.24) is 14.2 Å². The number of sulfonamides is 1. The predicted molar refractivity (Wildman–Crippen MR) is 116 cm³/mol. The molecule has 0 radical (unpaired) electrons. The van der Waals surface area contributed by atoms with Gasteiger partial charge in [0.1, 0.15) is 5.01 Å². The summed E-state index contributed by atoms with van der Waals surface area (Å²) in [4.78, 5) is 7.21. The van der Waals surface area contributed by atoms with Gasteiger partial charge in [0, 0.05) is 38.7 Å². The van der Waals surface area contributed by atoms with Crippen LogP contribution in [0.4, 0.5) is 0 Å². The molecule has 1 aromatic heterocycles. The van der Waals surface area contributed by atoms with E-state index in [0.717, 1.165) is 23.5 Å². The summed E-state index contributed by atoms with van der Waals surface area (Å²) in [5.74, 6) is 1.11. The Morgan fingerprint density at radius 1 is 0.967 bits per heavy atom. The highest BCUT2D eigenvalue weighted by Crippen LogP contribution is 2.33.